The second kappa shape index (κ2) is 8.13. The molecule has 0 radical (unpaired) electrons. The molecular formula is C18H17FN4O3S2. The van der Waals surface area contributed by atoms with Crippen molar-refractivity contribution < 1.29 is 17.6 Å². The molecule has 0 aliphatic heterocycles. The fourth-order valence-corrected chi connectivity index (χ4v) is 4.45. The lowest BCUT2D eigenvalue weighted by molar-refractivity contribution is 0.102. The molecule has 0 fully saturated rings. The molecule has 0 unspecified atom stereocenters. The lowest BCUT2D eigenvalue weighted by Crippen LogP contribution is -2.24. The number of carbonyl (C=O) groups is 1. The first-order valence-corrected chi connectivity index (χ1v) is 10.5. The number of halogens is 1. The number of hydrogen-bond donors (Lipinski definition) is 2. The maximum atomic E-state index is 12.9. The molecule has 2 aromatic carbocycles. The van der Waals surface area contributed by atoms with Gasteiger partial charge in [0.05, 0.1) is 11.4 Å². The van der Waals surface area contributed by atoms with Crippen LogP contribution >= 0.6 is 11.3 Å². The highest BCUT2D eigenvalue weighted by Crippen LogP contribution is 2.18. The number of amides is 1. The van der Waals surface area contributed by atoms with E-state index in [1.807, 2.05) is 6.92 Å². The van der Waals surface area contributed by atoms with Gasteiger partial charge in [0.15, 0.2) is 0 Å². The van der Waals surface area contributed by atoms with E-state index >= 15 is 0 Å². The minimum Gasteiger partial charge on any atom is -0.320 e. The summed E-state index contributed by atoms with van der Waals surface area (Å²) < 4.78 is 40.3. The number of anilines is 1. The van der Waals surface area contributed by atoms with Crippen LogP contribution in [0.4, 0.5) is 10.1 Å². The number of sulfonamides is 1. The number of aromatic nitrogens is 2. The first kappa shape index (κ1) is 20.1. The van der Waals surface area contributed by atoms with Gasteiger partial charge in [0.1, 0.15) is 10.8 Å². The molecule has 146 valence electrons. The molecule has 1 aromatic heterocycles. The Hall–Kier alpha value is -2.69. The molecule has 2 N–H and O–H groups in total. The van der Waals surface area contributed by atoms with Gasteiger partial charge in [0, 0.05) is 5.69 Å². The highest BCUT2D eigenvalue weighted by Gasteiger charge is 2.19. The van der Waals surface area contributed by atoms with Crippen LogP contribution in [-0.2, 0) is 16.6 Å². The molecule has 1 heterocycles. The Bertz CT molecular complexity index is 1110. The van der Waals surface area contributed by atoms with E-state index in [0.29, 0.717) is 16.3 Å². The number of aryl methyl sites for hydroxylation is 2. The normalized spacial score (nSPS) is 11.4. The Morgan fingerprint density at radius 2 is 1.82 bits per heavy atom. The Kier molecular flexibility index (Phi) is 5.82. The third kappa shape index (κ3) is 4.77. The first-order chi connectivity index (χ1) is 13.2. The monoisotopic (exact) mass is 420 g/mol. The van der Waals surface area contributed by atoms with Gasteiger partial charge in [-0.2, -0.15) is 0 Å². The highest BCUT2D eigenvalue weighted by atomic mass is 32.2. The van der Waals surface area contributed by atoms with E-state index < -0.39 is 21.7 Å². The molecule has 0 saturated carbocycles. The van der Waals surface area contributed by atoms with Gasteiger partial charge >= 0.3 is 0 Å². The van der Waals surface area contributed by atoms with Crippen LogP contribution in [-0.4, -0.2) is 24.5 Å². The number of carbonyl (C=O) groups excluding carboxylic acids is 1. The van der Waals surface area contributed by atoms with Crippen molar-refractivity contribution in [3.8, 4) is 0 Å². The standard InChI is InChI=1S/C18H17FN4O3S2/c1-11-3-8-15(12(2)9-11)28(25,26)20-10-16-22-23-18(27-16)17(24)21-14-6-4-13(19)5-7-14/h3-9,20H,10H2,1-2H3,(H,21,24). The minimum atomic E-state index is -3.72. The van der Waals surface area contributed by atoms with Crippen LogP contribution in [0.1, 0.15) is 25.9 Å². The van der Waals surface area contributed by atoms with Gasteiger partial charge in [-0.25, -0.2) is 17.5 Å². The summed E-state index contributed by atoms with van der Waals surface area (Å²) in [6.07, 6.45) is 0. The summed E-state index contributed by atoms with van der Waals surface area (Å²) in [5.74, 6) is -0.917. The van der Waals surface area contributed by atoms with E-state index in [2.05, 4.69) is 20.2 Å². The van der Waals surface area contributed by atoms with E-state index in [1.165, 1.54) is 24.3 Å². The van der Waals surface area contributed by atoms with Crippen LogP contribution in [0.25, 0.3) is 0 Å². The average molecular weight is 420 g/mol. The Labute approximate surface area is 165 Å². The van der Waals surface area contributed by atoms with Gasteiger partial charge in [-0.15, -0.1) is 10.2 Å². The number of nitrogens with one attached hydrogen (secondary N) is 2. The second-order valence-electron chi connectivity index (χ2n) is 6.06. The summed E-state index contributed by atoms with van der Waals surface area (Å²) >= 11 is 0.971. The molecule has 0 spiro atoms. The van der Waals surface area contributed by atoms with Crippen LogP contribution in [0.5, 0.6) is 0 Å². The van der Waals surface area contributed by atoms with Crippen molar-refractivity contribution >= 4 is 33.0 Å². The lowest BCUT2D eigenvalue weighted by Gasteiger charge is -2.08. The Morgan fingerprint density at radius 1 is 1.11 bits per heavy atom. The molecular weight excluding hydrogens is 403 g/mol. The van der Waals surface area contributed by atoms with Gasteiger partial charge in [-0.3, -0.25) is 4.79 Å². The van der Waals surface area contributed by atoms with Gasteiger partial charge in [-0.1, -0.05) is 29.0 Å². The maximum Gasteiger partial charge on any atom is 0.286 e. The van der Waals surface area contributed by atoms with E-state index in [4.69, 9.17) is 0 Å². The number of hydrogen-bond acceptors (Lipinski definition) is 6. The maximum absolute atomic E-state index is 12.9. The minimum absolute atomic E-state index is 0.0741. The van der Waals surface area contributed by atoms with Crippen molar-refractivity contribution in [3.63, 3.8) is 0 Å². The average Bonchev–Trinajstić information content (AvgIpc) is 3.11. The summed E-state index contributed by atoms with van der Waals surface area (Å²) in [5.41, 5.74) is 2.03. The molecule has 3 aromatic rings. The molecule has 0 saturated heterocycles. The summed E-state index contributed by atoms with van der Waals surface area (Å²) in [6, 6.07) is 10.4. The molecule has 0 aliphatic carbocycles. The molecule has 0 bridgehead atoms. The zero-order valence-corrected chi connectivity index (χ0v) is 16.7. The molecule has 3 rings (SSSR count). The van der Waals surface area contributed by atoms with Crippen molar-refractivity contribution in [3.05, 3.63) is 69.4 Å². The second-order valence-corrected chi connectivity index (χ2v) is 8.85. The van der Waals surface area contributed by atoms with E-state index in [9.17, 15) is 17.6 Å². The van der Waals surface area contributed by atoms with Crippen LogP contribution in [0.15, 0.2) is 47.4 Å². The Morgan fingerprint density at radius 3 is 2.50 bits per heavy atom. The van der Waals surface area contributed by atoms with Gasteiger partial charge < -0.3 is 5.32 Å². The molecule has 28 heavy (non-hydrogen) atoms. The third-order valence-electron chi connectivity index (χ3n) is 3.80. The predicted molar refractivity (Wildman–Crippen MR) is 104 cm³/mol. The van der Waals surface area contributed by atoms with E-state index in [0.717, 1.165) is 16.9 Å². The number of nitrogens with zero attached hydrogens (tertiary/aromatic N) is 2. The smallest absolute Gasteiger partial charge is 0.286 e. The molecule has 7 nitrogen and oxygen atoms in total. The molecule has 0 aliphatic rings. The lowest BCUT2D eigenvalue weighted by atomic mass is 10.2. The van der Waals surface area contributed by atoms with Crippen LogP contribution in [0.3, 0.4) is 0 Å². The highest BCUT2D eigenvalue weighted by molar-refractivity contribution is 7.89. The molecule has 1 amide bonds. The molecule has 10 heteroatoms. The fraction of sp³-hybridized carbons (Fsp3) is 0.167. The summed E-state index contributed by atoms with van der Waals surface area (Å²) in [4.78, 5) is 12.4. The summed E-state index contributed by atoms with van der Waals surface area (Å²) in [7, 11) is -3.72. The van der Waals surface area contributed by atoms with Crippen molar-refractivity contribution in [2.75, 3.05) is 5.32 Å². The van der Waals surface area contributed by atoms with Gasteiger partial charge in [0.2, 0.25) is 15.0 Å². The first-order valence-electron chi connectivity index (χ1n) is 8.21. The van der Waals surface area contributed by atoms with Crippen LogP contribution in [0, 0.1) is 19.7 Å². The van der Waals surface area contributed by atoms with Crippen molar-refractivity contribution in [2.24, 2.45) is 0 Å². The molecule has 0 atom stereocenters. The largest absolute Gasteiger partial charge is 0.320 e. The van der Waals surface area contributed by atoms with E-state index in [-0.39, 0.29) is 16.4 Å². The fourth-order valence-electron chi connectivity index (χ4n) is 2.47. The number of benzene rings is 2. The number of rotatable bonds is 6. The van der Waals surface area contributed by atoms with Crippen LogP contribution in [0.2, 0.25) is 0 Å². The van der Waals surface area contributed by atoms with Gasteiger partial charge in [0.25, 0.3) is 5.91 Å². The van der Waals surface area contributed by atoms with Crippen LogP contribution < -0.4 is 10.0 Å². The van der Waals surface area contributed by atoms with Crippen molar-refractivity contribution in [2.45, 2.75) is 25.3 Å². The zero-order chi connectivity index (χ0) is 20.3. The SMILES string of the molecule is Cc1ccc(S(=O)(=O)NCc2nnc(C(=O)Nc3ccc(F)cc3)s2)c(C)c1. The predicted octanol–water partition coefficient (Wildman–Crippen LogP) is 3.02. The van der Waals surface area contributed by atoms with E-state index in [1.54, 1.807) is 25.1 Å². The summed E-state index contributed by atoms with van der Waals surface area (Å²) in [6.45, 7) is 3.53. The van der Waals surface area contributed by atoms with Gasteiger partial charge in [-0.05, 0) is 49.7 Å². The topological polar surface area (TPSA) is 101 Å². The van der Waals surface area contributed by atoms with Crippen molar-refractivity contribution in [1.82, 2.24) is 14.9 Å². The Balaban J connectivity index is 1.65. The third-order valence-corrected chi connectivity index (χ3v) is 6.28. The summed E-state index contributed by atoms with van der Waals surface area (Å²) in [5, 5.41) is 10.6. The quantitative estimate of drug-likeness (QED) is 0.638. The van der Waals surface area contributed by atoms with Crippen molar-refractivity contribution in [1.29, 1.82) is 0 Å². The zero-order valence-electron chi connectivity index (χ0n) is 15.1.